The molecule has 0 aliphatic carbocycles. The maximum atomic E-state index is 12.8. The third kappa shape index (κ3) is 4.25. The first-order valence-electron chi connectivity index (χ1n) is 9.25. The van der Waals surface area contributed by atoms with Crippen LogP contribution in [0.5, 0.6) is 5.75 Å². The Morgan fingerprint density at radius 3 is 2.81 bits per heavy atom. The number of carbonyl (C=O) groups is 1. The summed E-state index contributed by atoms with van der Waals surface area (Å²) in [5.74, 6) is 1.04. The third-order valence-corrected chi connectivity index (χ3v) is 5.28. The maximum absolute atomic E-state index is 12.8. The second kappa shape index (κ2) is 8.37. The van der Waals surface area contributed by atoms with Crippen molar-refractivity contribution < 1.29 is 9.53 Å². The lowest BCUT2D eigenvalue weighted by Gasteiger charge is -2.27. The van der Waals surface area contributed by atoms with Crippen LogP contribution in [0.4, 0.5) is 0 Å². The van der Waals surface area contributed by atoms with Crippen LogP contribution in [0.1, 0.15) is 35.6 Å². The van der Waals surface area contributed by atoms with Gasteiger partial charge in [0.05, 0.1) is 13.7 Å². The molecule has 3 rings (SSSR count). The van der Waals surface area contributed by atoms with E-state index in [2.05, 4.69) is 36.1 Å². The molecule has 138 valence electrons. The lowest BCUT2D eigenvalue weighted by atomic mass is 10.0. The Bertz CT molecular complexity index is 759. The summed E-state index contributed by atoms with van der Waals surface area (Å²) < 4.78 is 5.35. The Morgan fingerprint density at radius 1 is 1.23 bits per heavy atom. The molecule has 2 aromatic rings. The Balaban J connectivity index is 1.65. The number of likely N-dealkylation sites (N-methyl/N-ethyl adjacent to an activating group) is 1. The van der Waals surface area contributed by atoms with Gasteiger partial charge in [-0.2, -0.15) is 0 Å². The second-order valence-electron chi connectivity index (χ2n) is 7.08. The number of benzene rings is 2. The molecular formula is C22H28N2O2. The average Bonchev–Trinajstić information content (AvgIpc) is 3.11. The highest BCUT2D eigenvalue weighted by molar-refractivity contribution is 5.78. The van der Waals surface area contributed by atoms with Gasteiger partial charge in [-0.15, -0.1) is 0 Å². The molecule has 4 heteroatoms. The Kier molecular flexibility index (Phi) is 5.94. The Hall–Kier alpha value is -2.33. The van der Waals surface area contributed by atoms with Crippen molar-refractivity contribution in [1.82, 2.24) is 9.80 Å². The number of hydrogen-bond donors (Lipinski definition) is 0. The molecule has 0 spiro atoms. The molecule has 0 N–H and O–H groups in total. The fraction of sp³-hybridized carbons (Fsp3) is 0.409. The number of aryl methyl sites for hydroxylation is 1. The molecule has 1 aliphatic rings. The summed E-state index contributed by atoms with van der Waals surface area (Å²) in [5, 5.41) is 0. The highest BCUT2D eigenvalue weighted by Gasteiger charge is 2.28. The van der Waals surface area contributed by atoms with Gasteiger partial charge in [0.15, 0.2) is 0 Å². The lowest BCUT2D eigenvalue weighted by molar-refractivity contribution is -0.131. The van der Waals surface area contributed by atoms with Crippen molar-refractivity contribution >= 4 is 5.91 Å². The van der Waals surface area contributed by atoms with E-state index in [1.54, 1.807) is 7.11 Å². The predicted molar refractivity (Wildman–Crippen MR) is 104 cm³/mol. The standard InChI is InChI=1S/C22H28N2O2/c1-17-8-4-5-9-19(17)15-23(2)22(25)16-24-13-7-12-21(24)18-10-6-11-20(14-18)26-3/h4-6,8-11,14,21H,7,12-13,15-16H2,1-3H3. The van der Waals surface area contributed by atoms with Crippen LogP contribution in [-0.4, -0.2) is 43.0 Å². The van der Waals surface area contributed by atoms with Gasteiger partial charge in [0.1, 0.15) is 5.75 Å². The largest absolute Gasteiger partial charge is 0.497 e. The van der Waals surface area contributed by atoms with Crippen LogP contribution in [0.25, 0.3) is 0 Å². The van der Waals surface area contributed by atoms with Gasteiger partial charge in [-0.1, -0.05) is 36.4 Å². The number of carbonyl (C=O) groups excluding carboxylic acids is 1. The van der Waals surface area contributed by atoms with E-state index >= 15 is 0 Å². The van der Waals surface area contributed by atoms with Gasteiger partial charge in [0.25, 0.3) is 0 Å². The molecule has 4 nitrogen and oxygen atoms in total. The summed E-state index contributed by atoms with van der Waals surface area (Å²) >= 11 is 0. The van der Waals surface area contributed by atoms with E-state index in [0.29, 0.717) is 19.1 Å². The fourth-order valence-electron chi connectivity index (χ4n) is 3.67. The zero-order valence-corrected chi connectivity index (χ0v) is 15.9. The molecule has 26 heavy (non-hydrogen) atoms. The summed E-state index contributed by atoms with van der Waals surface area (Å²) in [7, 11) is 3.58. The first kappa shape index (κ1) is 18.5. The monoisotopic (exact) mass is 352 g/mol. The first-order chi connectivity index (χ1) is 12.6. The number of amides is 1. The molecule has 1 unspecified atom stereocenters. The van der Waals surface area contributed by atoms with E-state index in [0.717, 1.165) is 25.1 Å². The van der Waals surface area contributed by atoms with Crippen LogP contribution in [0.2, 0.25) is 0 Å². The molecule has 1 heterocycles. The minimum atomic E-state index is 0.169. The van der Waals surface area contributed by atoms with Gasteiger partial charge in [-0.05, 0) is 55.1 Å². The number of rotatable bonds is 6. The summed E-state index contributed by atoms with van der Waals surface area (Å²) in [4.78, 5) is 16.9. The average molecular weight is 352 g/mol. The summed E-state index contributed by atoms with van der Waals surface area (Å²) in [6.07, 6.45) is 2.21. The molecule has 1 amide bonds. The normalized spacial score (nSPS) is 17.3. The van der Waals surface area contributed by atoms with Crippen LogP contribution in [0.15, 0.2) is 48.5 Å². The van der Waals surface area contributed by atoms with Crippen molar-refractivity contribution in [2.75, 3.05) is 27.2 Å². The third-order valence-electron chi connectivity index (χ3n) is 5.28. The summed E-state index contributed by atoms with van der Waals surface area (Å²) in [5.41, 5.74) is 3.66. The van der Waals surface area contributed by atoms with Crippen LogP contribution in [0.3, 0.4) is 0 Å². The van der Waals surface area contributed by atoms with Crippen molar-refractivity contribution in [3.8, 4) is 5.75 Å². The van der Waals surface area contributed by atoms with Crippen molar-refractivity contribution in [1.29, 1.82) is 0 Å². The topological polar surface area (TPSA) is 32.8 Å². The van der Waals surface area contributed by atoms with Gasteiger partial charge in [0, 0.05) is 19.6 Å². The van der Waals surface area contributed by atoms with Crippen molar-refractivity contribution in [3.05, 3.63) is 65.2 Å². The molecule has 0 bridgehead atoms. The molecule has 0 saturated carbocycles. The number of nitrogens with zero attached hydrogens (tertiary/aromatic N) is 2. The van der Waals surface area contributed by atoms with E-state index < -0.39 is 0 Å². The van der Waals surface area contributed by atoms with Crippen molar-refractivity contribution in [2.24, 2.45) is 0 Å². The summed E-state index contributed by atoms with van der Waals surface area (Å²) in [6, 6.07) is 16.7. The number of methoxy groups -OCH3 is 1. The number of likely N-dealkylation sites (tertiary alicyclic amines) is 1. The molecule has 0 radical (unpaired) electrons. The SMILES string of the molecule is COc1cccc(C2CCCN2CC(=O)N(C)Cc2ccccc2C)c1. The van der Waals surface area contributed by atoms with Crippen molar-refractivity contribution in [2.45, 2.75) is 32.4 Å². The van der Waals surface area contributed by atoms with Crippen LogP contribution < -0.4 is 4.74 Å². The lowest BCUT2D eigenvalue weighted by Crippen LogP contribution is -2.38. The smallest absolute Gasteiger partial charge is 0.236 e. The second-order valence-corrected chi connectivity index (χ2v) is 7.08. The highest BCUT2D eigenvalue weighted by atomic mass is 16.5. The zero-order valence-electron chi connectivity index (χ0n) is 15.9. The molecule has 1 aliphatic heterocycles. The highest BCUT2D eigenvalue weighted by Crippen LogP contribution is 2.33. The van der Waals surface area contributed by atoms with E-state index in [1.807, 2.05) is 36.2 Å². The van der Waals surface area contributed by atoms with Crippen molar-refractivity contribution in [3.63, 3.8) is 0 Å². The minimum absolute atomic E-state index is 0.169. The number of ether oxygens (including phenoxy) is 1. The molecule has 1 atom stereocenters. The van der Waals surface area contributed by atoms with Crippen LogP contribution in [0, 0.1) is 6.92 Å². The first-order valence-corrected chi connectivity index (χ1v) is 9.25. The van der Waals surface area contributed by atoms with Crippen LogP contribution in [-0.2, 0) is 11.3 Å². The zero-order chi connectivity index (χ0) is 18.5. The minimum Gasteiger partial charge on any atom is -0.497 e. The molecule has 1 fully saturated rings. The summed E-state index contributed by atoms with van der Waals surface area (Å²) in [6.45, 7) is 4.17. The van der Waals surface area contributed by atoms with Gasteiger partial charge < -0.3 is 9.64 Å². The Morgan fingerprint density at radius 2 is 2.04 bits per heavy atom. The molecule has 2 aromatic carbocycles. The number of hydrogen-bond acceptors (Lipinski definition) is 3. The molecule has 0 aromatic heterocycles. The fourth-order valence-corrected chi connectivity index (χ4v) is 3.67. The molecular weight excluding hydrogens is 324 g/mol. The van der Waals surface area contributed by atoms with E-state index in [4.69, 9.17) is 4.74 Å². The van der Waals surface area contributed by atoms with Gasteiger partial charge in [0.2, 0.25) is 5.91 Å². The maximum Gasteiger partial charge on any atom is 0.236 e. The van der Waals surface area contributed by atoms with Gasteiger partial charge in [-0.3, -0.25) is 9.69 Å². The Labute approximate surface area is 156 Å². The molecule has 1 saturated heterocycles. The van der Waals surface area contributed by atoms with Crippen LogP contribution >= 0.6 is 0 Å². The quantitative estimate of drug-likeness (QED) is 0.793. The van der Waals surface area contributed by atoms with E-state index in [1.165, 1.54) is 16.7 Å². The van der Waals surface area contributed by atoms with E-state index in [9.17, 15) is 4.79 Å². The predicted octanol–water partition coefficient (Wildman–Crippen LogP) is 3.80. The van der Waals surface area contributed by atoms with Gasteiger partial charge >= 0.3 is 0 Å². The van der Waals surface area contributed by atoms with E-state index in [-0.39, 0.29) is 5.91 Å². The van der Waals surface area contributed by atoms with Gasteiger partial charge in [-0.25, -0.2) is 0 Å².